The normalized spacial score (nSPS) is 27.8. The second-order valence-electron chi connectivity index (χ2n) is 4.44. The summed E-state index contributed by atoms with van der Waals surface area (Å²) in [4.78, 5) is 36.6. The van der Waals surface area contributed by atoms with Crippen LogP contribution in [0.4, 0.5) is 0 Å². The van der Waals surface area contributed by atoms with Crippen molar-refractivity contribution in [1.82, 2.24) is 15.5 Å². The first kappa shape index (κ1) is 12.8. The molecule has 100 valence electrons. The van der Waals surface area contributed by atoms with Crippen LogP contribution in [0, 0.1) is 5.92 Å². The Morgan fingerprint density at radius 2 is 2.28 bits per heavy atom. The number of nitrogens with zero attached hydrogens (tertiary/aromatic N) is 1. The summed E-state index contributed by atoms with van der Waals surface area (Å²) in [6.07, 6.45) is 0.205. The van der Waals surface area contributed by atoms with Gasteiger partial charge in [0.15, 0.2) is 0 Å². The van der Waals surface area contributed by atoms with Crippen molar-refractivity contribution in [2.24, 2.45) is 5.92 Å². The molecule has 0 aromatic heterocycles. The molecule has 0 saturated carbocycles. The Morgan fingerprint density at radius 1 is 1.50 bits per heavy atom. The molecule has 2 heterocycles. The van der Waals surface area contributed by atoms with Gasteiger partial charge in [-0.05, 0) is 0 Å². The first-order valence-electron chi connectivity index (χ1n) is 6.00. The molecule has 0 aromatic rings. The van der Waals surface area contributed by atoms with Gasteiger partial charge < -0.3 is 20.3 Å². The molecule has 2 atom stereocenters. The van der Waals surface area contributed by atoms with E-state index in [1.807, 2.05) is 0 Å². The Hall–Kier alpha value is -1.63. The highest BCUT2D eigenvalue weighted by atomic mass is 16.5. The predicted octanol–water partition coefficient (Wildman–Crippen LogP) is -1.90. The molecule has 2 aliphatic rings. The van der Waals surface area contributed by atoms with E-state index in [9.17, 15) is 14.4 Å². The third-order valence-electron chi connectivity index (χ3n) is 3.29. The van der Waals surface area contributed by atoms with Crippen molar-refractivity contribution in [3.8, 4) is 0 Å². The van der Waals surface area contributed by atoms with Crippen molar-refractivity contribution in [3.05, 3.63) is 0 Å². The minimum atomic E-state index is -0.591. The van der Waals surface area contributed by atoms with Crippen molar-refractivity contribution >= 4 is 17.7 Å². The molecule has 0 aromatic carbocycles. The van der Waals surface area contributed by atoms with E-state index < -0.39 is 6.04 Å². The first-order valence-corrected chi connectivity index (χ1v) is 6.00. The number of hydrogen-bond donors (Lipinski definition) is 2. The lowest BCUT2D eigenvalue weighted by atomic mass is 10.0. The van der Waals surface area contributed by atoms with E-state index >= 15 is 0 Å². The van der Waals surface area contributed by atoms with Crippen LogP contribution < -0.4 is 10.6 Å². The molecular weight excluding hydrogens is 238 g/mol. The highest BCUT2D eigenvalue weighted by molar-refractivity contribution is 5.92. The molecule has 18 heavy (non-hydrogen) atoms. The van der Waals surface area contributed by atoms with Crippen LogP contribution in [0.25, 0.3) is 0 Å². The molecule has 2 N–H and O–H groups in total. The number of hydrogen-bond acceptors (Lipinski definition) is 4. The Kier molecular flexibility index (Phi) is 3.81. The van der Waals surface area contributed by atoms with E-state index in [0.29, 0.717) is 19.7 Å². The van der Waals surface area contributed by atoms with Crippen molar-refractivity contribution in [2.45, 2.75) is 12.5 Å². The SMILES string of the molecule is CNC(=O)C1COCCN1C(=O)C1CNC(=O)C1. The van der Waals surface area contributed by atoms with Crippen LogP contribution in [0.5, 0.6) is 0 Å². The standard InChI is InChI=1S/C11H17N3O4/c1-12-10(16)8-6-18-3-2-14(8)11(17)7-4-9(15)13-5-7/h7-8H,2-6H2,1H3,(H,12,16)(H,13,15). The second kappa shape index (κ2) is 5.34. The minimum absolute atomic E-state index is 0.113. The summed E-state index contributed by atoms with van der Waals surface area (Å²) in [6.45, 7) is 1.38. The van der Waals surface area contributed by atoms with Gasteiger partial charge in [-0.1, -0.05) is 0 Å². The van der Waals surface area contributed by atoms with Gasteiger partial charge in [-0.2, -0.15) is 0 Å². The largest absolute Gasteiger partial charge is 0.377 e. The van der Waals surface area contributed by atoms with E-state index in [0.717, 1.165) is 0 Å². The van der Waals surface area contributed by atoms with Gasteiger partial charge in [0.2, 0.25) is 17.7 Å². The fourth-order valence-electron chi connectivity index (χ4n) is 2.27. The van der Waals surface area contributed by atoms with Gasteiger partial charge in [0, 0.05) is 26.6 Å². The Morgan fingerprint density at radius 3 is 2.89 bits per heavy atom. The predicted molar refractivity (Wildman–Crippen MR) is 61.5 cm³/mol. The van der Waals surface area contributed by atoms with Gasteiger partial charge in [-0.25, -0.2) is 0 Å². The molecule has 7 heteroatoms. The lowest BCUT2D eigenvalue weighted by Crippen LogP contribution is -2.56. The maximum atomic E-state index is 12.3. The molecule has 0 spiro atoms. The molecule has 3 amide bonds. The summed E-state index contributed by atoms with van der Waals surface area (Å²) in [5.41, 5.74) is 0. The van der Waals surface area contributed by atoms with Crippen molar-refractivity contribution in [1.29, 1.82) is 0 Å². The fourth-order valence-corrected chi connectivity index (χ4v) is 2.27. The van der Waals surface area contributed by atoms with Gasteiger partial charge >= 0.3 is 0 Å². The zero-order valence-corrected chi connectivity index (χ0v) is 10.3. The lowest BCUT2D eigenvalue weighted by molar-refractivity contribution is -0.151. The van der Waals surface area contributed by atoms with Crippen LogP contribution >= 0.6 is 0 Å². The number of ether oxygens (including phenoxy) is 1. The second-order valence-corrected chi connectivity index (χ2v) is 4.44. The van der Waals surface area contributed by atoms with Crippen LogP contribution in [0.1, 0.15) is 6.42 Å². The van der Waals surface area contributed by atoms with Gasteiger partial charge in [-0.3, -0.25) is 14.4 Å². The summed E-state index contributed by atoms with van der Waals surface area (Å²) in [6, 6.07) is -0.591. The number of nitrogens with one attached hydrogen (secondary N) is 2. The number of amides is 3. The summed E-state index contributed by atoms with van der Waals surface area (Å²) >= 11 is 0. The highest BCUT2D eigenvalue weighted by Crippen LogP contribution is 2.17. The Labute approximate surface area is 105 Å². The van der Waals surface area contributed by atoms with Crippen LogP contribution in [0.15, 0.2) is 0 Å². The minimum Gasteiger partial charge on any atom is -0.377 e. The Bertz CT molecular complexity index is 371. The molecule has 2 saturated heterocycles. The van der Waals surface area contributed by atoms with E-state index in [2.05, 4.69) is 10.6 Å². The molecular formula is C11H17N3O4. The lowest BCUT2D eigenvalue weighted by Gasteiger charge is -2.35. The zero-order valence-electron chi connectivity index (χ0n) is 10.3. The van der Waals surface area contributed by atoms with E-state index in [1.165, 1.54) is 11.9 Å². The molecule has 2 rings (SSSR count). The number of rotatable bonds is 2. The van der Waals surface area contributed by atoms with Gasteiger partial charge in [0.05, 0.1) is 19.1 Å². The number of morpholine rings is 1. The van der Waals surface area contributed by atoms with Crippen LogP contribution in [0.2, 0.25) is 0 Å². The Balaban J connectivity index is 2.06. The van der Waals surface area contributed by atoms with E-state index in [-0.39, 0.29) is 36.7 Å². The topological polar surface area (TPSA) is 87.7 Å². The summed E-state index contributed by atoms with van der Waals surface area (Å²) in [5, 5.41) is 5.15. The number of carbonyl (C=O) groups is 3. The van der Waals surface area contributed by atoms with Gasteiger partial charge in [0.25, 0.3) is 0 Å². The monoisotopic (exact) mass is 255 g/mol. The van der Waals surface area contributed by atoms with Crippen LogP contribution in [-0.4, -0.2) is 62.0 Å². The van der Waals surface area contributed by atoms with Crippen LogP contribution in [0.3, 0.4) is 0 Å². The molecule has 2 unspecified atom stereocenters. The number of likely N-dealkylation sites (N-methyl/N-ethyl adjacent to an activating group) is 1. The van der Waals surface area contributed by atoms with E-state index in [1.54, 1.807) is 0 Å². The maximum absolute atomic E-state index is 12.3. The molecule has 0 aliphatic carbocycles. The van der Waals surface area contributed by atoms with E-state index in [4.69, 9.17) is 4.74 Å². The molecule has 2 fully saturated rings. The van der Waals surface area contributed by atoms with Crippen molar-refractivity contribution in [2.75, 3.05) is 33.4 Å². The third kappa shape index (κ3) is 2.45. The summed E-state index contributed by atoms with van der Waals surface area (Å²) < 4.78 is 5.23. The quantitative estimate of drug-likeness (QED) is 0.603. The van der Waals surface area contributed by atoms with Crippen molar-refractivity contribution < 1.29 is 19.1 Å². The molecule has 0 bridgehead atoms. The maximum Gasteiger partial charge on any atom is 0.244 e. The molecule has 2 aliphatic heterocycles. The average Bonchev–Trinajstić information content (AvgIpc) is 2.83. The third-order valence-corrected chi connectivity index (χ3v) is 3.29. The molecule has 7 nitrogen and oxygen atoms in total. The first-order chi connectivity index (χ1) is 8.63. The number of carbonyl (C=O) groups excluding carboxylic acids is 3. The summed E-state index contributed by atoms with van der Waals surface area (Å²) in [7, 11) is 1.53. The van der Waals surface area contributed by atoms with Crippen LogP contribution in [-0.2, 0) is 19.1 Å². The van der Waals surface area contributed by atoms with Crippen molar-refractivity contribution in [3.63, 3.8) is 0 Å². The molecule has 0 radical (unpaired) electrons. The average molecular weight is 255 g/mol. The van der Waals surface area contributed by atoms with Gasteiger partial charge in [0.1, 0.15) is 6.04 Å². The van der Waals surface area contributed by atoms with Gasteiger partial charge in [-0.15, -0.1) is 0 Å². The summed E-state index contributed by atoms with van der Waals surface area (Å²) in [5.74, 6) is -0.855. The fraction of sp³-hybridized carbons (Fsp3) is 0.727. The zero-order chi connectivity index (χ0) is 13.1. The smallest absolute Gasteiger partial charge is 0.244 e. The highest BCUT2D eigenvalue weighted by Gasteiger charge is 2.38.